The van der Waals surface area contributed by atoms with Gasteiger partial charge in [0, 0.05) is 58.8 Å². The Labute approximate surface area is 162 Å². The van der Waals surface area contributed by atoms with Crippen LogP contribution in [0.2, 0.25) is 0 Å². The van der Waals surface area contributed by atoms with E-state index in [-0.39, 0.29) is 12.5 Å². The molecule has 0 bridgehead atoms. The minimum atomic E-state index is 0.0182. The maximum atomic E-state index is 11.6. The van der Waals surface area contributed by atoms with Gasteiger partial charge < -0.3 is 14.2 Å². The fourth-order valence-electron chi connectivity index (χ4n) is 3.68. The van der Waals surface area contributed by atoms with Crippen LogP contribution in [-0.2, 0) is 29.2 Å². The first-order valence-corrected chi connectivity index (χ1v) is 9.71. The molecule has 1 unspecified atom stereocenters. The first kappa shape index (κ1) is 19.6. The van der Waals surface area contributed by atoms with Crippen LogP contribution >= 0.6 is 0 Å². The Balaban J connectivity index is 1.60. The summed E-state index contributed by atoms with van der Waals surface area (Å²) in [6, 6.07) is 13.1. The van der Waals surface area contributed by atoms with E-state index in [0.717, 1.165) is 32.6 Å². The molecule has 5 nitrogen and oxygen atoms in total. The summed E-state index contributed by atoms with van der Waals surface area (Å²) in [6.07, 6.45) is 3.14. The molecule has 0 saturated carbocycles. The van der Waals surface area contributed by atoms with Crippen LogP contribution in [0.4, 0.5) is 0 Å². The van der Waals surface area contributed by atoms with Crippen molar-refractivity contribution in [3.8, 4) is 0 Å². The van der Waals surface area contributed by atoms with E-state index in [0.29, 0.717) is 12.5 Å². The zero-order chi connectivity index (χ0) is 19.2. The number of aryl methyl sites for hydroxylation is 1. The van der Waals surface area contributed by atoms with Crippen molar-refractivity contribution in [2.75, 3.05) is 33.9 Å². The number of hydrogen-bond donors (Lipinski definition) is 0. The van der Waals surface area contributed by atoms with Crippen LogP contribution in [0.5, 0.6) is 0 Å². The average molecular weight is 370 g/mol. The number of nitrogens with zero attached hydrogens (tertiary/aromatic N) is 3. The molecular weight excluding hydrogens is 338 g/mol. The van der Waals surface area contributed by atoms with Gasteiger partial charge in [0.05, 0.1) is 0 Å². The highest BCUT2D eigenvalue weighted by molar-refractivity contribution is 5.76. The van der Waals surface area contributed by atoms with Gasteiger partial charge in [-0.3, -0.25) is 9.69 Å². The van der Waals surface area contributed by atoms with Crippen LogP contribution in [0.3, 0.4) is 0 Å². The Morgan fingerprint density at radius 3 is 2.85 bits per heavy atom. The topological polar surface area (TPSA) is 37.7 Å². The molecule has 1 aliphatic heterocycles. The van der Waals surface area contributed by atoms with E-state index in [9.17, 15) is 4.79 Å². The highest BCUT2D eigenvalue weighted by Gasteiger charge is 2.21. The molecule has 0 fully saturated rings. The fourth-order valence-corrected chi connectivity index (χ4v) is 3.68. The Hall–Kier alpha value is -2.11. The van der Waals surface area contributed by atoms with Gasteiger partial charge in [-0.15, -0.1) is 0 Å². The first-order chi connectivity index (χ1) is 13.0. The van der Waals surface area contributed by atoms with Gasteiger partial charge in [-0.25, -0.2) is 0 Å². The van der Waals surface area contributed by atoms with E-state index in [2.05, 4.69) is 59.0 Å². The van der Waals surface area contributed by atoms with Crippen LogP contribution in [0.1, 0.15) is 23.2 Å². The molecule has 146 valence electrons. The molecular formula is C22H31N3O2. The van der Waals surface area contributed by atoms with Gasteiger partial charge in [-0.05, 0) is 37.0 Å². The molecule has 1 aromatic carbocycles. The van der Waals surface area contributed by atoms with Crippen molar-refractivity contribution < 1.29 is 9.53 Å². The Kier molecular flexibility index (Phi) is 6.69. The van der Waals surface area contributed by atoms with Gasteiger partial charge in [0.2, 0.25) is 5.91 Å². The summed E-state index contributed by atoms with van der Waals surface area (Å²) in [5.41, 5.74) is 4.04. The highest BCUT2D eigenvalue weighted by atomic mass is 16.5. The van der Waals surface area contributed by atoms with Gasteiger partial charge in [0.1, 0.15) is 6.61 Å². The molecule has 2 aromatic rings. The third-order valence-electron chi connectivity index (χ3n) is 5.16. The smallest absolute Gasteiger partial charge is 0.248 e. The van der Waals surface area contributed by atoms with Crippen LogP contribution in [0.15, 0.2) is 42.6 Å². The third kappa shape index (κ3) is 5.68. The fraction of sp³-hybridized carbons (Fsp3) is 0.500. The molecule has 27 heavy (non-hydrogen) atoms. The monoisotopic (exact) mass is 369 g/mol. The quantitative estimate of drug-likeness (QED) is 0.705. The molecule has 1 atom stereocenters. The predicted octanol–water partition coefficient (Wildman–Crippen LogP) is 2.92. The zero-order valence-electron chi connectivity index (χ0n) is 16.7. The van der Waals surface area contributed by atoms with Gasteiger partial charge in [0.15, 0.2) is 0 Å². The van der Waals surface area contributed by atoms with Crippen LogP contribution in [0.25, 0.3) is 0 Å². The standard InChI is InChI=1S/C22H31N3O2/c1-18-6-4-7-19(12-18)13-24-14-20(9-11-27-17-22(26)23(2)3)15-25-10-5-8-21(25)16-24/h4-8,10,12,20H,9,11,13-17H2,1-3H3. The molecule has 1 aliphatic rings. The lowest BCUT2D eigenvalue weighted by molar-refractivity contribution is -0.133. The zero-order valence-corrected chi connectivity index (χ0v) is 16.7. The van der Waals surface area contributed by atoms with E-state index in [1.165, 1.54) is 16.8 Å². The first-order valence-electron chi connectivity index (χ1n) is 9.71. The van der Waals surface area contributed by atoms with Crippen molar-refractivity contribution in [3.63, 3.8) is 0 Å². The Bertz CT molecular complexity index is 754. The third-order valence-corrected chi connectivity index (χ3v) is 5.16. The minimum Gasteiger partial charge on any atom is -0.372 e. The molecule has 5 heteroatoms. The van der Waals surface area contributed by atoms with Crippen molar-refractivity contribution in [2.24, 2.45) is 5.92 Å². The summed E-state index contributed by atoms with van der Waals surface area (Å²) in [6.45, 7) is 6.92. The molecule has 0 N–H and O–H groups in total. The second-order valence-corrected chi connectivity index (χ2v) is 7.81. The number of ether oxygens (including phenoxy) is 1. The Morgan fingerprint density at radius 1 is 1.22 bits per heavy atom. The number of rotatable bonds is 7. The van der Waals surface area contributed by atoms with Crippen molar-refractivity contribution in [1.29, 1.82) is 0 Å². The maximum absolute atomic E-state index is 11.6. The van der Waals surface area contributed by atoms with Crippen LogP contribution in [0, 0.1) is 12.8 Å². The number of benzene rings is 1. The molecule has 1 amide bonds. The molecule has 3 rings (SSSR count). The molecule has 0 radical (unpaired) electrons. The van der Waals surface area contributed by atoms with Crippen LogP contribution in [-0.4, -0.2) is 54.1 Å². The highest BCUT2D eigenvalue weighted by Crippen LogP contribution is 2.21. The number of amides is 1. The molecule has 0 spiro atoms. The van der Waals surface area contributed by atoms with E-state index in [1.807, 2.05) is 0 Å². The lowest BCUT2D eigenvalue weighted by Crippen LogP contribution is -2.29. The summed E-state index contributed by atoms with van der Waals surface area (Å²) in [5.74, 6) is 0.530. The number of likely N-dealkylation sites (N-methyl/N-ethyl adjacent to an activating group) is 1. The summed E-state index contributed by atoms with van der Waals surface area (Å²) < 4.78 is 7.99. The molecule has 1 aromatic heterocycles. The van der Waals surface area contributed by atoms with Gasteiger partial charge in [-0.1, -0.05) is 29.8 Å². The lowest BCUT2D eigenvalue weighted by atomic mass is 10.0. The van der Waals surface area contributed by atoms with Gasteiger partial charge >= 0.3 is 0 Å². The summed E-state index contributed by atoms with van der Waals surface area (Å²) in [4.78, 5) is 15.8. The van der Waals surface area contributed by atoms with E-state index in [4.69, 9.17) is 4.74 Å². The average Bonchev–Trinajstić information content (AvgIpc) is 2.98. The number of hydrogen-bond acceptors (Lipinski definition) is 3. The van der Waals surface area contributed by atoms with Crippen molar-refractivity contribution in [3.05, 3.63) is 59.4 Å². The van der Waals surface area contributed by atoms with E-state index < -0.39 is 0 Å². The molecule has 0 saturated heterocycles. The van der Waals surface area contributed by atoms with E-state index >= 15 is 0 Å². The minimum absolute atomic E-state index is 0.0182. The van der Waals surface area contributed by atoms with Crippen molar-refractivity contribution in [2.45, 2.75) is 33.0 Å². The molecule has 0 aliphatic carbocycles. The lowest BCUT2D eigenvalue weighted by Gasteiger charge is -2.24. The van der Waals surface area contributed by atoms with Crippen LogP contribution < -0.4 is 0 Å². The largest absolute Gasteiger partial charge is 0.372 e. The predicted molar refractivity (Wildman–Crippen MR) is 107 cm³/mol. The second kappa shape index (κ2) is 9.20. The number of carbonyl (C=O) groups excluding carboxylic acids is 1. The number of fused-ring (bicyclic) bond motifs is 1. The summed E-state index contributed by atoms with van der Waals surface area (Å²) in [7, 11) is 3.52. The van der Waals surface area contributed by atoms with Gasteiger partial charge in [-0.2, -0.15) is 0 Å². The number of aromatic nitrogens is 1. The normalized spacial score (nSPS) is 17.4. The van der Waals surface area contributed by atoms with E-state index in [1.54, 1.807) is 19.0 Å². The summed E-state index contributed by atoms with van der Waals surface area (Å²) >= 11 is 0. The SMILES string of the molecule is Cc1cccc(CN2Cc3cccn3CC(CCOCC(=O)N(C)C)C2)c1. The summed E-state index contributed by atoms with van der Waals surface area (Å²) in [5, 5.41) is 0. The molecule has 2 heterocycles. The van der Waals surface area contributed by atoms with Crippen molar-refractivity contribution in [1.82, 2.24) is 14.4 Å². The second-order valence-electron chi connectivity index (χ2n) is 7.81. The maximum Gasteiger partial charge on any atom is 0.248 e. The van der Waals surface area contributed by atoms with Gasteiger partial charge in [0.25, 0.3) is 0 Å². The Morgan fingerprint density at radius 2 is 2.07 bits per heavy atom. The van der Waals surface area contributed by atoms with Crippen molar-refractivity contribution >= 4 is 5.91 Å². The number of carbonyl (C=O) groups is 1.